The number of fused-ring (bicyclic) bond motifs is 4. The maximum absolute atomic E-state index is 13.7. The Morgan fingerprint density at radius 1 is 0.941 bits per heavy atom. The van der Waals surface area contributed by atoms with Crippen LogP contribution >= 0.6 is 11.3 Å². The molecule has 4 aliphatic heterocycles. The molecule has 3 saturated heterocycles. The minimum atomic E-state index is -1.46. The Morgan fingerprint density at radius 2 is 1.67 bits per heavy atom. The molecule has 2 N–H and O–H groups in total. The molecule has 7 unspecified atom stereocenters. The van der Waals surface area contributed by atoms with E-state index < -0.39 is 72.9 Å². The zero-order chi connectivity index (χ0) is 35.6. The summed E-state index contributed by atoms with van der Waals surface area (Å²) in [5.74, 6) is -0.256. The summed E-state index contributed by atoms with van der Waals surface area (Å²) in [5, 5.41) is 25.6. The summed E-state index contributed by atoms with van der Waals surface area (Å²) in [6.07, 6.45) is -7.40. The number of methoxy groups -OCH3 is 2. The van der Waals surface area contributed by atoms with E-state index in [0.717, 1.165) is 4.88 Å². The summed E-state index contributed by atoms with van der Waals surface area (Å²) in [6.45, 7) is 3.73. The van der Waals surface area contributed by atoms with Gasteiger partial charge in [-0.3, -0.25) is 4.79 Å². The van der Waals surface area contributed by atoms with Crippen molar-refractivity contribution in [3.63, 3.8) is 0 Å². The van der Waals surface area contributed by atoms with E-state index in [1.807, 2.05) is 19.1 Å². The van der Waals surface area contributed by atoms with E-state index in [9.17, 15) is 19.9 Å². The molecular weight excluding hydrogens is 690 g/mol. The topological polar surface area (TPSA) is 179 Å². The van der Waals surface area contributed by atoms with Crippen molar-refractivity contribution >= 4 is 22.3 Å². The van der Waals surface area contributed by atoms with Gasteiger partial charge in [-0.2, -0.15) is 0 Å². The van der Waals surface area contributed by atoms with Crippen LogP contribution in [0, 0.1) is 16.7 Å². The first kappa shape index (κ1) is 34.1. The molecule has 0 saturated carbocycles. The molecule has 5 heterocycles. The predicted octanol–water partition coefficient (Wildman–Crippen LogP) is 4.23. The Morgan fingerprint density at radius 3 is 2.35 bits per heavy atom. The first-order valence-electron chi connectivity index (χ1n) is 16.6. The smallest absolute Gasteiger partial charge is 0.310 e. The van der Waals surface area contributed by atoms with Crippen LogP contribution in [0.2, 0.25) is 0 Å². The van der Waals surface area contributed by atoms with E-state index in [0.29, 0.717) is 50.4 Å². The number of carbonyl (C=O) groups excluding carboxylic acids is 1. The molecule has 0 spiro atoms. The van der Waals surface area contributed by atoms with Crippen molar-refractivity contribution in [2.45, 2.75) is 69.0 Å². The number of ether oxygens (including phenoxy) is 10. The van der Waals surface area contributed by atoms with Gasteiger partial charge in [-0.05, 0) is 72.1 Å². The number of cyclic esters (lactones) is 1. The number of hydrogen-bond donors (Lipinski definition) is 2. The molecule has 5 aliphatic rings. The number of esters is 1. The SMILES string of the molecule is COc1cc([C@@H]2c3cc4c(cc3[C@@H](OC3OC5COC(C)OC5C(O)C3O)[C@H]3COC(=O)[C@H]23)OCO4)cc(OC)c1OC(C)c1ccc(N=O)s1. The van der Waals surface area contributed by atoms with E-state index >= 15 is 0 Å². The fraction of sp³-hybridized carbons (Fsp3) is 0.514. The van der Waals surface area contributed by atoms with E-state index in [1.54, 1.807) is 31.2 Å². The lowest BCUT2D eigenvalue weighted by molar-refractivity contribution is -0.364. The maximum atomic E-state index is 13.7. The number of hydrogen-bond acceptors (Lipinski definition) is 16. The molecule has 0 bridgehead atoms. The van der Waals surface area contributed by atoms with Gasteiger partial charge in [-0.25, -0.2) is 0 Å². The number of rotatable bonds is 9. The van der Waals surface area contributed by atoms with Gasteiger partial charge >= 0.3 is 5.97 Å². The predicted molar refractivity (Wildman–Crippen MR) is 175 cm³/mol. The molecule has 51 heavy (non-hydrogen) atoms. The van der Waals surface area contributed by atoms with Gasteiger partial charge < -0.3 is 57.6 Å². The molecule has 0 radical (unpaired) electrons. The highest BCUT2D eigenvalue weighted by Gasteiger charge is 2.56. The van der Waals surface area contributed by atoms with Crippen LogP contribution in [-0.2, 0) is 28.5 Å². The van der Waals surface area contributed by atoms with Crippen molar-refractivity contribution < 1.29 is 62.4 Å². The Balaban J connectivity index is 1.18. The molecule has 8 rings (SSSR count). The highest BCUT2D eigenvalue weighted by molar-refractivity contribution is 7.15. The van der Waals surface area contributed by atoms with Crippen LogP contribution in [-0.4, -0.2) is 87.4 Å². The summed E-state index contributed by atoms with van der Waals surface area (Å²) in [7, 11) is 3.02. The molecule has 16 heteroatoms. The van der Waals surface area contributed by atoms with Gasteiger partial charge in [0.2, 0.25) is 12.5 Å². The molecule has 15 nitrogen and oxygen atoms in total. The molecule has 2 aromatic carbocycles. The largest absolute Gasteiger partial charge is 0.493 e. The zero-order valence-corrected chi connectivity index (χ0v) is 28.9. The van der Waals surface area contributed by atoms with Crippen molar-refractivity contribution in [2.75, 3.05) is 34.2 Å². The number of carbonyl (C=O) groups is 1. The normalized spacial score (nSPS) is 32.6. The van der Waals surface area contributed by atoms with Crippen molar-refractivity contribution in [3.05, 3.63) is 62.9 Å². The third-order valence-electron chi connectivity index (χ3n) is 10.1. The summed E-state index contributed by atoms with van der Waals surface area (Å²) in [6, 6.07) is 10.6. The number of aliphatic hydroxyl groups excluding tert-OH is 2. The van der Waals surface area contributed by atoms with Crippen LogP contribution in [0.4, 0.5) is 5.00 Å². The van der Waals surface area contributed by atoms with Crippen molar-refractivity contribution in [1.82, 2.24) is 0 Å². The molecule has 3 fully saturated rings. The monoisotopic (exact) mass is 727 g/mol. The number of nitrogens with zero attached hydrogens (tertiary/aromatic N) is 1. The van der Waals surface area contributed by atoms with Crippen LogP contribution in [0.25, 0.3) is 0 Å². The van der Waals surface area contributed by atoms with Crippen LogP contribution in [0.5, 0.6) is 28.7 Å². The van der Waals surface area contributed by atoms with Crippen molar-refractivity contribution in [2.24, 2.45) is 17.0 Å². The number of aliphatic hydroxyl groups is 2. The van der Waals surface area contributed by atoms with Crippen LogP contribution in [0.3, 0.4) is 0 Å². The lowest BCUT2D eigenvalue weighted by Gasteiger charge is -2.47. The number of thiophene rings is 1. The minimum Gasteiger partial charge on any atom is -0.493 e. The zero-order valence-electron chi connectivity index (χ0n) is 28.1. The summed E-state index contributed by atoms with van der Waals surface area (Å²) < 4.78 is 59.2. The quantitative estimate of drug-likeness (QED) is 0.236. The minimum absolute atomic E-state index is 0.0158. The van der Waals surface area contributed by atoms with Gasteiger partial charge in [0.25, 0.3) is 0 Å². The van der Waals surface area contributed by atoms with Gasteiger partial charge in [0, 0.05) is 16.7 Å². The molecule has 272 valence electrons. The van der Waals surface area contributed by atoms with E-state index in [1.165, 1.54) is 25.6 Å². The molecule has 3 aromatic rings. The van der Waals surface area contributed by atoms with E-state index in [2.05, 4.69) is 5.18 Å². The van der Waals surface area contributed by atoms with Crippen LogP contribution < -0.4 is 23.7 Å². The van der Waals surface area contributed by atoms with Crippen molar-refractivity contribution in [1.29, 1.82) is 0 Å². The maximum Gasteiger partial charge on any atom is 0.310 e. The second-order valence-electron chi connectivity index (χ2n) is 13.0. The van der Waals surface area contributed by atoms with E-state index in [4.69, 9.17) is 47.4 Å². The third-order valence-corrected chi connectivity index (χ3v) is 11.2. The van der Waals surface area contributed by atoms with Crippen LogP contribution in [0.15, 0.2) is 41.6 Å². The number of benzene rings is 2. The van der Waals surface area contributed by atoms with Gasteiger partial charge in [0.05, 0.1) is 39.5 Å². The molecule has 1 aliphatic carbocycles. The summed E-state index contributed by atoms with van der Waals surface area (Å²) in [5.41, 5.74) is 2.05. The lowest BCUT2D eigenvalue weighted by atomic mass is 9.66. The standard InChI is InChI=1S/C35H37NO14S/c1-14(25-5-6-26(36-40)51-25)47-32-22(41-3)7-16(8-23(32)42-4)27-17-9-20-21(46-13-45-20)10-18(17)31(19-11-44-34(39)28(19)27)50-35-30(38)29(37)33-24(49-35)12-43-15(2)48-33/h5-10,14-15,19,24,27-31,33,35,37-38H,11-13H2,1-4H3/t14?,15?,19-,24?,27+,28-,29?,30?,31+,33?,35?/m0/s1. The second-order valence-corrected chi connectivity index (χ2v) is 14.1. The fourth-order valence-corrected chi connectivity index (χ4v) is 8.45. The number of nitroso groups, excluding NO2 is 1. The fourth-order valence-electron chi connectivity index (χ4n) is 7.68. The lowest BCUT2D eigenvalue weighted by Crippen LogP contribution is -2.63. The average Bonchev–Trinajstić information content (AvgIpc) is 3.90. The van der Waals surface area contributed by atoms with Gasteiger partial charge in [-0.1, -0.05) is 0 Å². The Kier molecular flexibility index (Phi) is 9.02. The summed E-state index contributed by atoms with van der Waals surface area (Å²) in [4.78, 5) is 25.5. The highest BCUT2D eigenvalue weighted by atomic mass is 32.1. The third kappa shape index (κ3) is 5.88. The second kappa shape index (κ2) is 13.5. The molecule has 1 aromatic heterocycles. The Labute approximate surface area is 296 Å². The van der Waals surface area contributed by atoms with Crippen LogP contribution in [0.1, 0.15) is 53.5 Å². The average molecular weight is 728 g/mol. The van der Waals surface area contributed by atoms with Gasteiger partial charge in [-0.15, -0.1) is 16.2 Å². The van der Waals surface area contributed by atoms with Gasteiger partial charge in [0.1, 0.15) is 30.5 Å². The molecule has 11 atom stereocenters. The Hall–Kier alpha value is -4.03. The molecule has 0 amide bonds. The van der Waals surface area contributed by atoms with E-state index in [-0.39, 0.29) is 20.0 Å². The van der Waals surface area contributed by atoms with Crippen molar-refractivity contribution in [3.8, 4) is 28.7 Å². The highest BCUT2D eigenvalue weighted by Crippen LogP contribution is 2.57. The first-order chi connectivity index (χ1) is 24.7. The Bertz CT molecular complexity index is 1790. The first-order valence-corrected chi connectivity index (χ1v) is 17.4. The molecular formula is C35H37NO14S. The van der Waals surface area contributed by atoms with Gasteiger partial charge in [0.15, 0.2) is 40.6 Å². The summed E-state index contributed by atoms with van der Waals surface area (Å²) >= 11 is 1.22.